The van der Waals surface area contributed by atoms with Crippen LogP contribution in [0, 0.1) is 0 Å². The van der Waals surface area contributed by atoms with Crippen LogP contribution in [-0.2, 0) is 4.74 Å². The van der Waals surface area contributed by atoms with E-state index in [1.807, 2.05) is 0 Å². The van der Waals surface area contributed by atoms with Crippen molar-refractivity contribution in [2.75, 3.05) is 20.7 Å². The molecule has 0 aromatic carbocycles. The molecule has 0 amide bonds. The molecule has 0 aromatic heterocycles. The van der Waals surface area contributed by atoms with Crippen LogP contribution < -0.4 is 0 Å². The van der Waals surface area contributed by atoms with Crippen molar-refractivity contribution in [1.82, 2.24) is 4.90 Å². The van der Waals surface area contributed by atoms with Gasteiger partial charge >= 0.3 is 0 Å². The first kappa shape index (κ1) is 7.76. The van der Waals surface area contributed by atoms with Crippen LogP contribution in [0.15, 0.2) is 12.2 Å². The molecule has 0 aromatic rings. The molecule has 0 fully saturated rings. The molecule has 2 heteroatoms. The Morgan fingerprint density at radius 1 is 1.70 bits per heavy atom. The van der Waals surface area contributed by atoms with Gasteiger partial charge in [-0.1, -0.05) is 12.2 Å². The first-order valence-corrected chi connectivity index (χ1v) is 3.65. The number of ether oxygens (including phenoxy) is 1. The van der Waals surface area contributed by atoms with Gasteiger partial charge in [0.05, 0.1) is 12.1 Å². The Bertz CT molecular complexity index is 133. The lowest BCUT2D eigenvalue weighted by atomic mass is 10.2. The number of likely N-dealkylation sites (N-methyl/N-ethyl adjacent to an activating group) is 1. The predicted octanol–water partition coefficient (Wildman–Crippen LogP) is 0.891. The third-order valence-electron chi connectivity index (χ3n) is 2.09. The van der Waals surface area contributed by atoms with E-state index in [1.54, 1.807) is 7.11 Å². The van der Waals surface area contributed by atoms with Crippen LogP contribution in [0.1, 0.15) is 6.92 Å². The van der Waals surface area contributed by atoms with E-state index in [-0.39, 0.29) is 0 Å². The Kier molecular flexibility index (Phi) is 2.46. The standard InChI is InChI=1S/C8H15NO/c1-7(10-3)8-5-4-6-9(8)2/h4-5,7-8H,6H2,1-3H3. The molecular weight excluding hydrogens is 126 g/mol. The largest absolute Gasteiger partial charge is 0.380 e. The minimum atomic E-state index is 0.309. The van der Waals surface area contributed by atoms with E-state index in [0.717, 1.165) is 6.54 Å². The van der Waals surface area contributed by atoms with Gasteiger partial charge < -0.3 is 4.74 Å². The Morgan fingerprint density at radius 3 is 2.80 bits per heavy atom. The van der Waals surface area contributed by atoms with Crippen molar-refractivity contribution >= 4 is 0 Å². The first-order chi connectivity index (χ1) is 4.75. The van der Waals surface area contributed by atoms with Gasteiger partial charge in [0.25, 0.3) is 0 Å². The molecule has 1 aliphatic heterocycles. The molecule has 58 valence electrons. The van der Waals surface area contributed by atoms with E-state index in [4.69, 9.17) is 4.74 Å². The zero-order valence-electron chi connectivity index (χ0n) is 6.87. The highest BCUT2D eigenvalue weighted by Gasteiger charge is 2.21. The van der Waals surface area contributed by atoms with Crippen molar-refractivity contribution < 1.29 is 4.74 Å². The highest BCUT2D eigenvalue weighted by molar-refractivity contribution is 5.05. The van der Waals surface area contributed by atoms with E-state index in [1.165, 1.54) is 0 Å². The van der Waals surface area contributed by atoms with Gasteiger partial charge in [-0.2, -0.15) is 0 Å². The zero-order valence-corrected chi connectivity index (χ0v) is 6.87. The number of methoxy groups -OCH3 is 1. The fourth-order valence-electron chi connectivity index (χ4n) is 1.29. The molecule has 1 aliphatic rings. The zero-order chi connectivity index (χ0) is 7.56. The molecule has 2 atom stereocenters. The smallest absolute Gasteiger partial charge is 0.0734 e. The van der Waals surface area contributed by atoms with Gasteiger partial charge in [0.2, 0.25) is 0 Å². The maximum atomic E-state index is 5.21. The molecule has 0 saturated heterocycles. The molecule has 2 unspecified atom stereocenters. The van der Waals surface area contributed by atoms with Crippen LogP contribution in [0.4, 0.5) is 0 Å². The second kappa shape index (κ2) is 3.17. The highest BCUT2D eigenvalue weighted by atomic mass is 16.5. The van der Waals surface area contributed by atoms with Crippen LogP contribution in [0.25, 0.3) is 0 Å². The van der Waals surface area contributed by atoms with Crippen molar-refractivity contribution in [1.29, 1.82) is 0 Å². The number of nitrogens with zero attached hydrogens (tertiary/aromatic N) is 1. The molecule has 0 spiro atoms. The summed E-state index contributed by atoms with van der Waals surface area (Å²) < 4.78 is 5.21. The number of hydrogen-bond acceptors (Lipinski definition) is 2. The SMILES string of the molecule is COC(C)C1C=CCN1C. The fourth-order valence-corrected chi connectivity index (χ4v) is 1.29. The van der Waals surface area contributed by atoms with Gasteiger partial charge in [-0.15, -0.1) is 0 Å². The molecular formula is C8H15NO. The van der Waals surface area contributed by atoms with Crippen LogP contribution in [0.2, 0.25) is 0 Å². The average molecular weight is 141 g/mol. The fraction of sp³-hybridized carbons (Fsp3) is 0.750. The molecule has 0 N–H and O–H groups in total. The minimum Gasteiger partial charge on any atom is -0.380 e. The summed E-state index contributed by atoms with van der Waals surface area (Å²) in [4.78, 5) is 2.27. The molecule has 1 heterocycles. The Labute approximate surface area is 62.5 Å². The van der Waals surface area contributed by atoms with E-state index in [0.29, 0.717) is 12.1 Å². The summed E-state index contributed by atoms with van der Waals surface area (Å²) in [5.74, 6) is 0. The van der Waals surface area contributed by atoms with Crippen molar-refractivity contribution in [3.63, 3.8) is 0 Å². The lowest BCUT2D eigenvalue weighted by Gasteiger charge is -2.24. The first-order valence-electron chi connectivity index (χ1n) is 3.65. The molecule has 1 rings (SSSR count). The molecule has 2 nitrogen and oxygen atoms in total. The van der Waals surface area contributed by atoms with Crippen LogP contribution >= 0.6 is 0 Å². The normalized spacial score (nSPS) is 29.3. The van der Waals surface area contributed by atoms with Gasteiger partial charge in [0.15, 0.2) is 0 Å². The van der Waals surface area contributed by atoms with Gasteiger partial charge in [-0.3, -0.25) is 4.90 Å². The van der Waals surface area contributed by atoms with Gasteiger partial charge in [0, 0.05) is 13.7 Å². The van der Waals surface area contributed by atoms with Gasteiger partial charge in [0.1, 0.15) is 0 Å². The summed E-state index contributed by atoms with van der Waals surface area (Å²) in [5, 5.41) is 0. The quantitative estimate of drug-likeness (QED) is 0.529. The predicted molar refractivity (Wildman–Crippen MR) is 42.0 cm³/mol. The van der Waals surface area contributed by atoms with E-state index in [2.05, 4.69) is 31.0 Å². The minimum absolute atomic E-state index is 0.309. The van der Waals surface area contributed by atoms with E-state index < -0.39 is 0 Å². The monoisotopic (exact) mass is 141 g/mol. The summed E-state index contributed by atoms with van der Waals surface area (Å²) in [5.41, 5.74) is 0. The topological polar surface area (TPSA) is 12.5 Å². The van der Waals surface area contributed by atoms with Gasteiger partial charge in [-0.05, 0) is 14.0 Å². The van der Waals surface area contributed by atoms with Crippen molar-refractivity contribution in [3.8, 4) is 0 Å². The van der Waals surface area contributed by atoms with Crippen molar-refractivity contribution in [2.24, 2.45) is 0 Å². The third-order valence-corrected chi connectivity index (χ3v) is 2.09. The Hall–Kier alpha value is -0.340. The van der Waals surface area contributed by atoms with Crippen LogP contribution in [0.5, 0.6) is 0 Å². The molecule has 0 aliphatic carbocycles. The molecule has 10 heavy (non-hydrogen) atoms. The maximum absolute atomic E-state index is 5.21. The summed E-state index contributed by atoms with van der Waals surface area (Å²) in [6, 6.07) is 0.477. The average Bonchev–Trinajstić information content (AvgIpc) is 2.34. The van der Waals surface area contributed by atoms with E-state index in [9.17, 15) is 0 Å². The summed E-state index contributed by atoms with van der Waals surface area (Å²) in [7, 11) is 3.87. The lowest BCUT2D eigenvalue weighted by molar-refractivity contribution is 0.0652. The number of hydrogen-bond donors (Lipinski definition) is 0. The highest BCUT2D eigenvalue weighted by Crippen LogP contribution is 2.12. The van der Waals surface area contributed by atoms with Gasteiger partial charge in [-0.25, -0.2) is 0 Å². The second-order valence-electron chi connectivity index (χ2n) is 2.80. The summed E-state index contributed by atoms with van der Waals surface area (Å²) in [6.07, 6.45) is 4.69. The van der Waals surface area contributed by atoms with Crippen molar-refractivity contribution in [2.45, 2.75) is 19.1 Å². The molecule has 0 bridgehead atoms. The third kappa shape index (κ3) is 1.39. The second-order valence-corrected chi connectivity index (χ2v) is 2.80. The lowest BCUT2D eigenvalue weighted by Crippen LogP contribution is -2.35. The Balaban J connectivity index is 2.46. The molecule has 0 radical (unpaired) electrons. The maximum Gasteiger partial charge on any atom is 0.0734 e. The molecule has 0 saturated carbocycles. The summed E-state index contributed by atoms with van der Waals surface area (Å²) >= 11 is 0. The van der Waals surface area contributed by atoms with E-state index >= 15 is 0 Å². The van der Waals surface area contributed by atoms with Crippen LogP contribution in [-0.4, -0.2) is 37.7 Å². The number of rotatable bonds is 2. The Morgan fingerprint density at radius 2 is 2.40 bits per heavy atom. The summed E-state index contributed by atoms with van der Waals surface area (Å²) in [6.45, 7) is 3.15. The van der Waals surface area contributed by atoms with Crippen molar-refractivity contribution in [3.05, 3.63) is 12.2 Å². The van der Waals surface area contributed by atoms with Crippen LogP contribution in [0.3, 0.4) is 0 Å².